The van der Waals surface area contributed by atoms with Crippen molar-refractivity contribution in [1.82, 2.24) is 19.9 Å². The normalized spacial score (nSPS) is 21.5. The molecule has 3 aliphatic heterocycles. The summed E-state index contributed by atoms with van der Waals surface area (Å²) >= 11 is 0. The van der Waals surface area contributed by atoms with Crippen LogP contribution in [0, 0.1) is 5.92 Å². The number of morpholine rings is 1. The Morgan fingerprint density at radius 1 is 0.974 bits per heavy atom. The number of carbonyl (C=O) groups excluding carboxylic acids is 1. The molecule has 3 aromatic rings. The minimum Gasteiger partial charge on any atom is -0.508 e. The molecule has 204 valence electrons. The molecule has 10 heteroatoms. The number of aromatic hydroxyl groups is 1. The van der Waals surface area contributed by atoms with Crippen LogP contribution in [-0.4, -0.2) is 88.5 Å². The third kappa shape index (κ3) is 5.26. The molecule has 0 saturated carbocycles. The number of fused-ring (bicyclic) bond motifs is 1. The molecule has 2 N–H and O–H groups in total. The number of carbonyl (C=O) groups is 1. The summed E-state index contributed by atoms with van der Waals surface area (Å²) in [7, 11) is 0. The Kier molecular flexibility index (Phi) is 7.30. The largest absolute Gasteiger partial charge is 0.508 e. The molecule has 3 aliphatic rings. The van der Waals surface area contributed by atoms with Gasteiger partial charge in [0.15, 0.2) is 5.82 Å². The average molecular weight is 531 g/mol. The van der Waals surface area contributed by atoms with Crippen molar-refractivity contribution in [2.75, 3.05) is 62.3 Å². The third-order valence-corrected chi connectivity index (χ3v) is 7.93. The summed E-state index contributed by atoms with van der Waals surface area (Å²) in [5.74, 6) is 1.60. The van der Waals surface area contributed by atoms with Crippen molar-refractivity contribution in [3.8, 4) is 17.1 Å². The van der Waals surface area contributed by atoms with Crippen LogP contribution < -0.4 is 9.80 Å². The van der Waals surface area contributed by atoms with Crippen molar-refractivity contribution in [1.29, 1.82) is 0 Å². The van der Waals surface area contributed by atoms with Crippen LogP contribution in [0.4, 0.5) is 11.9 Å². The minimum absolute atomic E-state index is 0.0701. The SMILES string of the molecule is O=C(C1CCCN(c2nc(-c3cccc(O)c3)nc(N3CCc4ccccc4[C@@H]3CO)n2)C1)N1CCOCC1. The molecule has 0 radical (unpaired) electrons. The van der Waals surface area contributed by atoms with E-state index in [4.69, 9.17) is 19.7 Å². The number of benzene rings is 2. The number of piperidine rings is 1. The predicted molar refractivity (Wildman–Crippen MR) is 147 cm³/mol. The van der Waals surface area contributed by atoms with Gasteiger partial charge in [-0.3, -0.25) is 4.79 Å². The van der Waals surface area contributed by atoms with Crippen LogP contribution in [0.15, 0.2) is 48.5 Å². The number of aromatic nitrogens is 3. The first-order valence-corrected chi connectivity index (χ1v) is 13.7. The summed E-state index contributed by atoms with van der Waals surface area (Å²) in [5.41, 5.74) is 2.97. The molecule has 2 saturated heterocycles. The van der Waals surface area contributed by atoms with Gasteiger partial charge in [0, 0.05) is 38.3 Å². The van der Waals surface area contributed by atoms with Crippen molar-refractivity contribution in [3.05, 3.63) is 59.7 Å². The lowest BCUT2D eigenvalue weighted by molar-refractivity contribution is -0.139. The van der Waals surface area contributed by atoms with E-state index in [-0.39, 0.29) is 30.2 Å². The molecule has 10 nitrogen and oxygen atoms in total. The Hall–Kier alpha value is -3.76. The summed E-state index contributed by atoms with van der Waals surface area (Å²) in [6.07, 6.45) is 2.51. The second-order valence-corrected chi connectivity index (χ2v) is 10.4. The van der Waals surface area contributed by atoms with Crippen LogP contribution in [0.5, 0.6) is 5.75 Å². The van der Waals surface area contributed by atoms with Crippen molar-refractivity contribution >= 4 is 17.8 Å². The maximum absolute atomic E-state index is 13.3. The Morgan fingerprint density at radius 3 is 2.62 bits per heavy atom. The number of aliphatic hydroxyl groups is 1. The van der Waals surface area contributed by atoms with Gasteiger partial charge in [0.25, 0.3) is 0 Å². The number of ether oxygens (including phenoxy) is 1. The molecule has 1 amide bonds. The molecule has 0 aliphatic carbocycles. The highest BCUT2D eigenvalue weighted by atomic mass is 16.5. The van der Waals surface area contributed by atoms with Gasteiger partial charge in [-0.1, -0.05) is 36.4 Å². The highest BCUT2D eigenvalue weighted by Crippen LogP contribution is 2.34. The van der Waals surface area contributed by atoms with E-state index >= 15 is 0 Å². The van der Waals surface area contributed by atoms with Gasteiger partial charge < -0.3 is 29.6 Å². The van der Waals surface area contributed by atoms with E-state index in [0.29, 0.717) is 62.7 Å². The van der Waals surface area contributed by atoms with Gasteiger partial charge >= 0.3 is 0 Å². The van der Waals surface area contributed by atoms with E-state index in [1.165, 1.54) is 5.56 Å². The maximum atomic E-state index is 13.3. The minimum atomic E-state index is -0.278. The molecule has 1 aromatic heterocycles. The standard InChI is InChI=1S/C29H34N6O4/c36-19-25-24-9-2-1-5-20(24)10-12-35(25)29-31-26(21-6-3-8-23(37)17-21)30-28(32-29)34-11-4-7-22(18-34)27(38)33-13-15-39-16-14-33/h1-3,5-6,8-9,17,22,25,36-37H,4,7,10-16,18-19H2/t22?,25-/m0/s1. The number of aliphatic hydroxyl groups excluding tert-OH is 1. The number of phenols is 1. The molecule has 1 unspecified atom stereocenters. The highest BCUT2D eigenvalue weighted by Gasteiger charge is 2.33. The first kappa shape index (κ1) is 25.5. The fraction of sp³-hybridized carbons (Fsp3) is 0.448. The third-order valence-electron chi connectivity index (χ3n) is 7.93. The van der Waals surface area contributed by atoms with Gasteiger partial charge in [0.1, 0.15) is 5.75 Å². The summed E-state index contributed by atoms with van der Waals surface area (Å²) < 4.78 is 5.43. The number of rotatable bonds is 5. The van der Waals surface area contributed by atoms with E-state index in [0.717, 1.165) is 31.4 Å². The van der Waals surface area contributed by atoms with Crippen molar-refractivity contribution in [3.63, 3.8) is 0 Å². The molecule has 6 rings (SSSR count). The predicted octanol–water partition coefficient (Wildman–Crippen LogP) is 2.42. The quantitative estimate of drug-likeness (QED) is 0.513. The van der Waals surface area contributed by atoms with Crippen LogP contribution in [-0.2, 0) is 16.0 Å². The second kappa shape index (κ2) is 11.2. The van der Waals surface area contributed by atoms with E-state index in [2.05, 4.69) is 11.0 Å². The first-order chi connectivity index (χ1) is 19.1. The molecular formula is C29H34N6O4. The topological polar surface area (TPSA) is 115 Å². The zero-order chi connectivity index (χ0) is 26.8. The number of anilines is 2. The fourth-order valence-corrected chi connectivity index (χ4v) is 5.89. The molecule has 2 fully saturated rings. The lowest BCUT2D eigenvalue weighted by atomic mass is 9.93. The molecule has 2 aromatic carbocycles. The molecule has 39 heavy (non-hydrogen) atoms. The van der Waals surface area contributed by atoms with Crippen molar-refractivity contribution < 1.29 is 19.7 Å². The lowest BCUT2D eigenvalue weighted by Crippen LogP contribution is -2.48. The van der Waals surface area contributed by atoms with Gasteiger partial charge in [-0.05, 0) is 42.5 Å². The van der Waals surface area contributed by atoms with Gasteiger partial charge in [-0.25, -0.2) is 0 Å². The number of nitrogens with zero attached hydrogens (tertiary/aromatic N) is 6. The molecular weight excluding hydrogens is 496 g/mol. The van der Waals surface area contributed by atoms with Crippen LogP contribution in [0.3, 0.4) is 0 Å². The Morgan fingerprint density at radius 2 is 1.79 bits per heavy atom. The van der Waals surface area contributed by atoms with E-state index < -0.39 is 0 Å². The van der Waals surface area contributed by atoms with Crippen LogP contribution in [0.1, 0.15) is 30.0 Å². The number of hydrogen-bond donors (Lipinski definition) is 2. The van der Waals surface area contributed by atoms with Gasteiger partial charge in [-0.2, -0.15) is 15.0 Å². The molecule has 4 heterocycles. The molecule has 2 atom stereocenters. The fourth-order valence-electron chi connectivity index (χ4n) is 5.89. The van der Waals surface area contributed by atoms with Gasteiger partial charge in [-0.15, -0.1) is 0 Å². The summed E-state index contributed by atoms with van der Waals surface area (Å²) in [4.78, 5) is 33.9. The first-order valence-electron chi connectivity index (χ1n) is 13.7. The van der Waals surface area contributed by atoms with Gasteiger partial charge in [0.05, 0.1) is 31.8 Å². The Balaban J connectivity index is 1.35. The lowest BCUT2D eigenvalue weighted by Gasteiger charge is -2.38. The number of phenolic OH excluding ortho intramolecular Hbond substituents is 1. The smallest absolute Gasteiger partial charge is 0.231 e. The van der Waals surface area contributed by atoms with Crippen LogP contribution in [0.2, 0.25) is 0 Å². The maximum Gasteiger partial charge on any atom is 0.231 e. The van der Waals surface area contributed by atoms with Gasteiger partial charge in [0.2, 0.25) is 17.8 Å². The summed E-state index contributed by atoms with van der Waals surface area (Å²) in [6, 6.07) is 14.8. The van der Waals surface area contributed by atoms with Crippen molar-refractivity contribution in [2.45, 2.75) is 25.3 Å². The van der Waals surface area contributed by atoms with Crippen molar-refractivity contribution in [2.24, 2.45) is 5.92 Å². The van der Waals surface area contributed by atoms with E-state index in [1.54, 1.807) is 18.2 Å². The Labute approximate surface area is 227 Å². The highest BCUT2D eigenvalue weighted by molar-refractivity contribution is 5.80. The zero-order valence-corrected chi connectivity index (χ0v) is 21.9. The second-order valence-electron chi connectivity index (χ2n) is 10.4. The number of hydrogen-bond acceptors (Lipinski definition) is 9. The zero-order valence-electron chi connectivity index (χ0n) is 21.9. The molecule has 0 spiro atoms. The van der Waals surface area contributed by atoms with E-state index in [9.17, 15) is 15.0 Å². The Bertz CT molecular complexity index is 1330. The van der Waals surface area contributed by atoms with E-state index in [1.807, 2.05) is 34.1 Å². The average Bonchev–Trinajstić information content (AvgIpc) is 3.00. The van der Waals surface area contributed by atoms with Crippen LogP contribution >= 0.6 is 0 Å². The van der Waals surface area contributed by atoms with Crippen LogP contribution in [0.25, 0.3) is 11.4 Å². The summed E-state index contributed by atoms with van der Waals surface area (Å²) in [6.45, 7) is 4.28. The monoisotopic (exact) mass is 530 g/mol. The summed E-state index contributed by atoms with van der Waals surface area (Å²) in [5, 5.41) is 20.6. The molecule has 0 bridgehead atoms. The number of amides is 1.